The number of aliphatic hydroxyl groups excluding tert-OH is 1. The van der Waals surface area contributed by atoms with Crippen molar-refractivity contribution in [2.75, 3.05) is 38.3 Å². The van der Waals surface area contributed by atoms with Crippen molar-refractivity contribution in [2.24, 2.45) is 0 Å². The van der Waals surface area contributed by atoms with Gasteiger partial charge in [-0.2, -0.15) is 0 Å². The molecule has 17 heavy (non-hydrogen) atoms. The van der Waals surface area contributed by atoms with Crippen molar-refractivity contribution in [1.29, 1.82) is 0 Å². The van der Waals surface area contributed by atoms with E-state index in [4.69, 9.17) is 26.2 Å². The van der Waals surface area contributed by atoms with Gasteiger partial charge in [0, 0.05) is 18.8 Å². The standard InChI is InChI=1S/C12H16ClNO3/c1-16-12-3-2-9(6-11(12)13)14-4-5-17-10(7-14)8-15/h2-3,6,10,15H,4-5,7-8H2,1H3. The topological polar surface area (TPSA) is 41.9 Å². The van der Waals surface area contributed by atoms with Crippen molar-refractivity contribution in [3.05, 3.63) is 23.2 Å². The molecule has 1 aromatic rings. The molecule has 1 aromatic carbocycles. The molecule has 1 unspecified atom stereocenters. The predicted molar refractivity (Wildman–Crippen MR) is 67.0 cm³/mol. The van der Waals surface area contributed by atoms with Gasteiger partial charge >= 0.3 is 0 Å². The Morgan fingerprint density at radius 2 is 2.41 bits per heavy atom. The van der Waals surface area contributed by atoms with Gasteiger partial charge in [0.25, 0.3) is 0 Å². The van der Waals surface area contributed by atoms with E-state index in [1.54, 1.807) is 7.11 Å². The molecule has 0 aliphatic carbocycles. The smallest absolute Gasteiger partial charge is 0.137 e. The average molecular weight is 258 g/mol. The Balaban J connectivity index is 2.13. The summed E-state index contributed by atoms with van der Waals surface area (Å²) in [7, 11) is 1.59. The molecule has 0 amide bonds. The number of halogens is 1. The molecular formula is C12H16ClNO3. The highest BCUT2D eigenvalue weighted by Gasteiger charge is 2.20. The first-order chi connectivity index (χ1) is 8.24. The second-order valence-corrected chi connectivity index (χ2v) is 4.35. The van der Waals surface area contributed by atoms with Gasteiger partial charge in [0.2, 0.25) is 0 Å². The number of aliphatic hydroxyl groups is 1. The maximum Gasteiger partial charge on any atom is 0.137 e. The number of hydrogen-bond donors (Lipinski definition) is 1. The molecule has 0 aromatic heterocycles. The van der Waals surface area contributed by atoms with Gasteiger partial charge in [0.1, 0.15) is 5.75 Å². The van der Waals surface area contributed by atoms with Crippen LogP contribution in [0.2, 0.25) is 5.02 Å². The zero-order valence-electron chi connectivity index (χ0n) is 9.73. The number of rotatable bonds is 3. The number of anilines is 1. The van der Waals surface area contributed by atoms with Gasteiger partial charge in [0.05, 0.1) is 31.5 Å². The SMILES string of the molecule is COc1ccc(N2CCOC(CO)C2)cc1Cl. The number of hydrogen-bond acceptors (Lipinski definition) is 4. The van der Waals surface area contributed by atoms with Gasteiger partial charge in [-0.1, -0.05) is 11.6 Å². The molecule has 2 rings (SSSR count). The van der Waals surface area contributed by atoms with E-state index in [-0.39, 0.29) is 12.7 Å². The highest BCUT2D eigenvalue weighted by molar-refractivity contribution is 6.32. The third-order valence-electron chi connectivity index (χ3n) is 2.84. The Bertz CT molecular complexity index is 386. The summed E-state index contributed by atoms with van der Waals surface area (Å²) in [6.07, 6.45) is -0.121. The summed E-state index contributed by atoms with van der Waals surface area (Å²) < 4.78 is 10.5. The second kappa shape index (κ2) is 5.58. The van der Waals surface area contributed by atoms with Crippen LogP contribution in [0.5, 0.6) is 5.75 Å². The minimum atomic E-state index is -0.121. The van der Waals surface area contributed by atoms with Crippen LogP contribution in [-0.4, -0.2) is 44.6 Å². The van der Waals surface area contributed by atoms with Gasteiger partial charge in [0.15, 0.2) is 0 Å². The van der Waals surface area contributed by atoms with E-state index in [0.717, 1.165) is 12.2 Å². The second-order valence-electron chi connectivity index (χ2n) is 3.94. The van der Waals surface area contributed by atoms with Crippen LogP contribution in [-0.2, 0) is 4.74 Å². The Morgan fingerprint density at radius 1 is 1.59 bits per heavy atom. The van der Waals surface area contributed by atoms with Crippen LogP contribution in [0.15, 0.2) is 18.2 Å². The first kappa shape index (κ1) is 12.5. The summed E-state index contributed by atoms with van der Waals surface area (Å²) in [5, 5.41) is 9.69. The zero-order chi connectivity index (χ0) is 12.3. The van der Waals surface area contributed by atoms with Gasteiger partial charge < -0.3 is 19.5 Å². The lowest BCUT2D eigenvalue weighted by molar-refractivity contribution is 0.00357. The van der Waals surface area contributed by atoms with E-state index in [1.165, 1.54) is 0 Å². The Morgan fingerprint density at radius 3 is 3.06 bits per heavy atom. The van der Waals surface area contributed by atoms with Gasteiger partial charge in [-0.25, -0.2) is 0 Å². The number of benzene rings is 1. The van der Waals surface area contributed by atoms with Gasteiger partial charge in [-0.05, 0) is 18.2 Å². The first-order valence-electron chi connectivity index (χ1n) is 5.55. The van der Waals surface area contributed by atoms with E-state index < -0.39 is 0 Å². The molecule has 0 saturated carbocycles. The summed E-state index contributed by atoms with van der Waals surface area (Å²) in [4.78, 5) is 2.15. The third kappa shape index (κ3) is 2.83. The maximum atomic E-state index is 9.09. The van der Waals surface area contributed by atoms with E-state index in [2.05, 4.69) is 4.90 Å². The van der Waals surface area contributed by atoms with Crippen molar-refractivity contribution in [2.45, 2.75) is 6.10 Å². The number of methoxy groups -OCH3 is 1. The largest absolute Gasteiger partial charge is 0.495 e. The zero-order valence-corrected chi connectivity index (χ0v) is 10.5. The van der Waals surface area contributed by atoms with Crippen molar-refractivity contribution < 1.29 is 14.6 Å². The molecule has 0 spiro atoms. The highest BCUT2D eigenvalue weighted by atomic mass is 35.5. The minimum absolute atomic E-state index is 0.0421. The lowest BCUT2D eigenvalue weighted by Crippen LogP contribution is -2.44. The monoisotopic (exact) mass is 257 g/mol. The summed E-state index contributed by atoms with van der Waals surface area (Å²) in [5.74, 6) is 0.669. The molecule has 1 aliphatic heterocycles. The average Bonchev–Trinajstić information content (AvgIpc) is 2.38. The van der Waals surface area contributed by atoms with E-state index in [0.29, 0.717) is 23.9 Å². The van der Waals surface area contributed by atoms with Gasteiger partial charge in [-0.3, -0.25) is 0 Å². The molecule has 5 heteroatoms. The molecule has 1 atom stereocenters. The minimum Gasteiger partial charge on any atom is -0.495 e. The fraction of sp³-hybridized carbons (Fsp3) is 0.500. The normalized spacial score (nSPS) is 20.4. The number of morpholine rings is 1. The molecule has 1 aliphatic rings. The fourth-order valence-corrected chi connectivity index (χ4v) is 2.17. The molecule has 1 fully saturated rings. The number of nitrogens with zero attached hydrogens (tertiary/aromatic N) is 1. The lowest BCUT2D eigenvalue weighted by Gasteiger charge is -2.33. The van der Waals surface area contributed by atoms with Crippen LogP contribution >= 0.6 is 11.6 Å². The lowest BCUT2D eigenvalue weighted by atomic mass is 10.2. The molecule has 4 nitrogen and oxygen atoms in total. The molecule has 0 bridgehead atoms. The molecule has 1 heterocycles. The van der Waals surface area contributed by atoms with Crippen LogP contribution in [0.25, 0.3) is 0 Å². The summed E-state index contributed by atoms with van der Waals surface area (Å²) in [5.41, 5.74) is 1.03. The Hall–Kier alpha value is -0.970. The van der Waals surface area contributed by atoms with Crippen molar-refractivity contribution in [3.63, 3.8) is 0 Å². The van der Waals surface area contributed by atoms with Crippen molar-refractivity contribution in [1.82, 2.24) is 0 Å². The highest BCUT2D eigenvalue weighted by Crippen LogP contribution is 2.29. The van der Waals surface area contributed by atoms with Crippen LogP contribution in [0, 0.1) is 0 Å². The Labute approximate surface area is 106 Å². The molecule has 1 N–H and O–H groups in total. The summed E-state index contributed by atoms with van der Waals surface area (Å²) >= 11 is 6.09. The molecule has 0 radical (unpaired) electrons. The predicted octanol–water partition coefficient (Wildman–Crippen LogP) is 1.55. The van der Waals surface area contributed by atoms with Gasteiger partial charge in [-0.15, -0.1) is 0 Å². The quantitative estimate of drug-likeness (QED) is 0.892. The van der Waals surface area contributed by atoms with E-state index in [9.17, 15) is 0 Å². The van der Waals surface area contributed by atoms with Crippen molar-refractivity contribution in [3.8, 4) is 5.75 Å². The van der Waals surface area contributed by atoms with Crippen molar-refractivity contribution >= 4 is 17.3 Å². The third-order valence-corrected chi connectivity index (χ3v) is 3.14. The number of ether oxygens (including phenoxy) is 2. The molecule has 94 valence electrons. The van der Waals surface area contributed by atoms with Crippen LogP contribution in [0.1, 0.15) is 0 Å². The van der Waals surface area contributed by atoms with Crippen LogP contribution in [0.4, 0.5) is 5.69 Å². The van der Waals surface area contributed by atoms with Crippen LogP contribution in [0.3, 0.4) is 0 Å². The molecule has 1 saturated heterocycles. The fourth-order valence-electron chi connectivity index (χ4n) is 1.92. The maximum absolute atomic E-state index is 9.09. The molecular weight excluding hydrogens is 242 g/mol. The van der Waals surface area contributed by atoms with E-state index in [1.807, 2.05) is 18.2 Å². The summed E-state index contributed by atoms with van der Waals surface area (Å²) in [6.45, 7) is 2.15. The van der Waals surface area contributed by atoms with Crippen LogP contribution < -0.4 is 9.64 Å². The van der Waals surface area contributed by atoms with E-state index >= 15 is 0 Å². The first-order valence-corrected chi connectivity index (χ1v) is 5.93. The Kier molecular flexibility index (Phi) is 4.10. The summed E-state index contributed by atoms with van der Waals surface area (Å²) in [6, 6.07) is 5.69.